The molecule has 1 aliphatic heterocycles. The van der Waals surface area contributed by atoms with Gasteiger partial charge in [-0.1, -0.05) is 0 Å². The smallest absolute Gasteiger partial charge is 0.0810 e. The molecule has 1 saturated heterocycles. The number of hydrogen-bond acceptors (Lipinski definition) is 4. The van der Waals surface area contributed by atoms with E-state index >= 15 is 0 Å². The fourth-order valence-electron chi connectivity index (χ4n) is 1.33. The molecular weight excluding hydrogens is 172 g/mol. The third-order valence-electron chi connectivity index (χ3n) is 2.64. The normalized spacial score (nSPS) is 21.9. The molecule has 1 rings (SSSR count). The van der Waals surface area contributed by atoms with Crippen LogP contribution >= 0.6 is 0 Å². The molecule has 0 spiro atoms. The standard InChI is InChI=1S/C9H18O4/c10-5-9(6-11,7-12)3-1-2-8-4-13-8/h8,10-12H,1-7H2. The summed E-state index contributed by atoms with van der Waals surface area (Å²) in [4.78, 5) is 0. The minimum absolute atomic E-state index is 0.161. The quantitative estimate of drug-likeness (QED) is 0.474. The summed E-state index contributed by atoms with van der Waals surface area (Å²) in [5.74, 6) is 0. The summed E-state index contributed by atoms with van der Waals surface area (Å²) in [7, 11) is 0. The Morgan fingerprint density at radius 1 is 1.15 bits per heavy atom. The van der Waals surface area contributed by atoms with Gasteiger partial charge in [-0.05, 0) is 19.3 Å². The van der Waals surface area contributed by atoms with E-state index in [1.165, 1.54) is 0 Å². The van der Waals surface area contributed by atoms with Gasteiger partial charge in [0.05, 0.1) is 32.5 Å². The van der Waals surface area contributed by atoms with E-state index in [0.717, 1.165) is 19.4 Å². The lowest BCUT2D eigenvalue weighted by atomic mass is 9.85. The summed E-state index contributed by atoms with van der Waals surface area (Å²) in [5.41, 5.74) is -0.700. The number of aliphatic hydroxyl groups excluding tert-OH is 3. The molecular formula is C9H18O4. The Morgan fingerprint density at radius 3 is 2.08 bits per heavy atom. The number of rotatable bonds is 7. The average molecular weight is 190 g/mol. The van der Waals surface area contributed by atoms with Crippen LogP contribution in [0.3, 0.4) is 0 Å². The van der Waals surface area contributed by atoms with Crippen LogP contribution < -0.4 is 0 Å². The first kappa shape index (κ1) is 10.9. The van der Waals surface area contributed by atoms with Crippen LogP contribution in [0.1, 0.15) is 19.3 Å². The van der Waals surface area contributed by atoms with Gasteiger partial charge in [-0.3, -0.25) is 0 Å². The highest BCUT2D eigenvalue weighted by molar-refractivity contribution is 4.78. The molecule has 0 amide bonds. The van der Waals surface area contributed by atoms with Crippen LogP contribution in [0, 0.1) is 5.41 Å². The second kappa shape index (κ2) is 4.91. The molecule has 0 saturated carbocycles. The maximum atomic E-state index is 9.01. The Hall–Kier alpha value is -0.160. The minimum Gasteiger partial charge on any atom is -0.396 e. The van der Waals surface area contributed by atoms with Crippen molar-refractivity contribution in [2.45, 2.75) is 25.4 Å². The van der Waals surface area contributed by atoms with Crippen LogP contribution in [0.5, 0.6) is 0 Å². The topological polar surface area (TPSA) is 73.2 Å². The highest BCUT2D eigenvalue weighted by Gasteiger charge is 2.29. The van der Waals surface area contributed by atoms with Crippen molar-refractivity contribution in [3.63, 3.8) is 0 Å². The van der Waals surface area contributed by atoms with Crippen LogP contribution in [0.15, 0.2) is 0 Å². The highest BCUT2D eigenvalue weighted by atomic mass is 16.6. The Bertz CT molecular complexity index is 132. The summed E-state index contributed by atoms with van der Waals surface area (Å²) in [5, 5.41) is 27.0. The molecule has 0 aromatic rings. The number of epoxide rings is 1. The van der Waals surface area contributed by atoms with Crippen molar-refractivity contribution in [1.29, 1.82) is 0 Å². The van der Waals surface area contributed by atoms with Gasteiger partial charge in [-0.25, -0.2) is 0 Å². The fraction of sp³-hybridized carbons (Fsp3) is 1.00. The van der Waals surface area contributed by atoms with E-state index in [4.69, 9.17) is 20.1 Å². The second-order valence-electron chi connectivity index (χ2n) is 3.82. The van der Waals surface area contributed by atoms with E-state index in [1.807, 2.05) is 0 Å². The molecule has 0 radical (unpaired) electrons. The van der Waals surface area contributed by atoms with E-state index < -0.39 is 5.41 Å². The summed E-state index contributed by atoms with van der Waals surface area (Å²) >= 11 is 0. The fourth-order valence-corrected chi connectivity index (χ4v) is 1.33. The number of aliphatic hydroxyl groups is 3. The predicted octanol–water partition coefficient (Wildman–Crippen LogP) is -0.481. The van der Waals surface area contributed by atoms with Crippen molar-refractivity contribution in [1.82, 2.24) is 0 Å². The van der Waals surface area contributed by atoms with Crippen LogP contribution in [0.2, 0.25) is 0 Å². The Balaban J connectivity index is 2.19. The first-order valence-electron chi connectivity index (χ1n) is 4.70. The Labute approximate surface area is 78.1 Å². The molecule has 0 aromatic heterocycles. The minimum atomic E-state index is -0.700. The molecule has 1 unspecified atom stereocenters. The largest absolute Gasteiger partial charge is 0.396 e. The van der Waals surface area contributed by atoms with E-state index in [2.05, 4.69) is 0 Å². The monoisotopic (exact) mass is 190 g/mol. The van der Waals surface area contributed by atoms with Gasteiger partial charge < -0.3 is 20.1 Å². The van der Waals surface area contributed by atoms with Crippen LogP contribution in [0.25, 0.3) is 0 Å². The van der Waals surface area contributed by atoms with Gasteiger partial charge in [-0.2, -0.15) is 0 Å². The van der Waals surface area contributed by atoms with E-state index in [1.54, 1.807) is 0 Å². The third kappa shape index (κ3) is 3.23. The molecule has 13 heavy (non-hydrogen) atoms. The highest BCUT2D eigenvalue weighted by Crippen LogP contribution is 2.25. The van der Waals surface area contributed by atoms with E-state index in [-0.39, 0.29) is 19.8 Å². The summed E-state index contributed by atoms with van der Waals surface area (Å²) in [6.45, 7) is 0.354. The average Bonchev–Trinajstić information content (AvgIpc) is 2.97. The lowest BCUT2D eigenvalue weighted by Gasteiger charge is -2.26. The van der Waals surface area contributed by atoms with Crippen LogP contribution in [0.4, 0.5) is 0 Å². The molecule has 4 nitrogen and oxygen atoms in total. The van der Waals surface area contributed by atoms with Gasteiger partial charge in [-0.15, -0.1) is 0 Å². The van der Waals surface area contributed by atoms with Gasteiger partial charge in [0.25, 0.3) is 0 Å². The van der Waals surface area contributed by atoms with Gasteiger partial charge in [0, 0.05) is 5.41 Å². The molecule has 0 aromatic carbocycles. The Kier molecular flexibility index (Phi) is 4.12. The zero-order chi connectivity index (χ0) is 9.73. The zero-order valence-electron chi connectivity index (χ0n) is 7.78. The molecule has 3 N–H and O–H groups in total. The first-order chi connectivity index (χ1) is 6.26. The molecule has 1 fully saturated rings. The van der Waals surface area contributed by atoms with Gasteiger partial charge in [0.1, 0.15) is 0 Å². The maximum absolute atomic E-state index is 9.01. The summed E-state index contributed by atoms with van der Waals surface area (Å²) < 4.78 is 5.04. The van der Waals surface area contributed by atoms with Crippen molar-refractivity contribution in [3.05, 3.63) is 0 Å². The lowest BCUT2D eigenvalue weighted by Crippen LogP contribution is -2.33. The predicted molar refractivity (Wildman–Crippen MR) is 47.3 cm³/mol. The van der Waals surface area contributed by atoms with Gasteiger partial charge in [0.15, 0.2) is 0 Å². The van der Waals surface area contributed by atoms with Crippen molar-refractivity contribution in [2.24, 2.45) is 5.41 Å². The second-order valence-corrected chi connectivity index (χ2v) is 3.82. The van der Waals surface area contributed by atoms with Crippen molar-refractivity contribution >= 4 is 0 Å². The van der Waals surface area contributed by atoms with Crippen molar-refractivity contribution in [2.75, 3.05) is 26.4 Å². The maximum Gasteiger partial charge on any atom is 0.0810 e. The summed E-state index contributed by atoms with van der Waals surface area (Å²) in [6.07, 6.45) is 2.87. The van der Waals surface area contributed by atoms with E-state index in [9.17, 15) is 0 Å². The molecule has 1 atom stereocenters. The van der Waals surface area contributed by atoms with Crippen LogP contribution in [-0.2, 0) is 4.74 Å². The van der Waals surface area contributed by atoms with Gasteiger partial charge >= 0.3 is 0 Å². The van der Waals surface area contributed by atoms with Crippen LogP contribution in [-0.4, -0.2) is 47.9 Å². The number of hydrogen-bond donors (Lipinski definition) is 3. The molecule has 1 heterocycles. The van der Waals surface area contributed by atoms with Crippen molar-refractivity contribution in [3.8, 4) is 0 Å². The SMILES string of the molecule is OCC(CO)(CO)CCCC1CO1. The lowest BCUT2D eigenvalue weighted by molar-refractivity contribution is -0.00251. The zero-order valence-corrected chi connectivity index (χ0v) is 7.78. The van der Waals surface area contributed by atoms with Crippen molar-refractivity contribution < 1.29 is 20.1 Å². The summed E-state index contributed by atoms with van der Waals surface area (Å²) in [6, 6.07) is 0. The third-order valence-corrected chi connectivity index (χ3v) is 2.64. The Morgan fingerprint density at radius 2 is 1.69 bits per heavy atom. The molecule has 78 valence electrons. The number of ether oxygens (including phenoxy) is 1. The van der Waals surface area contributed by atoms with E-state index in [0.29, 0.717) is 12.5 Å². The van der Waals surface area contributed by atoms with Gasteiger partial charge in [0.2, 0.25) is 0 Å². The molecule has 4 heteroatoms. The molecule has 0 aliphatic carbocycles. The molecule has 1 aliphatic rings. The first-order valence-corrected chi connectivity index (χ1v) is 4.70. The molecule has 0 bridgehead atoms.